The largest absolute Gasteiger partial charge is 0.456 e. The Morgan fingerprint density at radius 2 is 1.74 bits per heavy atom. The highest BCUT2D eigenvalue weighted by Gasteiger charge is 2.16. The van der Waals surface area contributed by atoms with E-state index in [2.05, 4.69) is 5.32 Å². The van der Waals surface area contributed by atoms with Crippen LogP contribution < -0.4 is 5.32 Å². The van der Waals surface area contributed by atoms with Crippen LogP contribution in [-0.2, 0) is 14.3 Å². The van der Waals surface area contributed by atoms with Crippen LogP contribution in [0.25, 0.3) is 0 Å². The molecule has 1 N–H and O–H groups in total. The first-order chi connectivity index (χ1) is 14.7. The van der Waals surface area contributed by atoms with E-state index in [1.165, 1.54) is 11.3 Å². The predicted octanol–water partition coefficient (Wildman–Crippen LogP) is 3.99. The monoisotopic (exact) mass is 444 g/mol. The van der Waals surface area contributed by atoms with Crippen LogP contribution >= 0.6 is 11.3 Å². The molecule has 0 unspecified atom stereocenters. The summed E-state index contributed by atoms with van der Waals surface area (Å²) in [6, 6.07) is 8.43. The van der Waals surface area contributed by atoms with Gasteiger partial charge < -0.3 is 15.0 Å². The number of ketones is 1. The lowest BCUT2D eigenvalue weighted by atomic mass is 10.1. The van der Waals surface area contributed by atoms with Crippen LogP contribution in [0.1, 0.15) is 57.2 Å². The summed E-state index contributed by atoms with van der Waals surface area (Å²) in [5.41, 5.74) is 1.54. The number of ether oxygens (including phenoxy) is 1. The maximum Gasteiger partial charge on any atom is 0.306 e. The van der Waals surface area contributed by atoms with Gasteiger partial charge in [0.2, 0.25) is 0 Å². The first kappa shape index (κ1) is 24.3. The SMILES string of the molecule is CCN(CC)C(=O)c1cccc(NC(=O)COC(=O)CCC(=O)c2cc(C)sc2C)c1. The Kier molecular flexibility index (Phi) is 8.93. The minimum absolute atomic E-state index is 0.0347. The van der Waals surface area contributed by atoms with Crippen molar-refractivity contribution in [1.29, 1.82) is 0 Å². The molecule has 0 aliphatic heterocycles. The second-order valence-corrected chi connectivity index (χ2v) is 8.48. The van der Waals surface area contributed by atoms with Crippen molar-refractivity contribution in [3.63, 3.8) is 0 Å². The van der Waals surface area contributed by atoms with E-state index in [4.69, 9.17) is 4.74 Å². The highest BCUT2D eigenvalue weighted by Crippen LogP contribution is 2.22. The van der Waals surface area contributed by atoms with Gasteiger partial charge in [-0.1, -0.05) is 6.07 Å². The van der Waals surface area contributed by atoms with Crippen molar-refractivity contribution in [3.05, 3.63) is 51.2 Å². The van der Waals surface area contributed by atoms with Gasteiger partial charge in [-0.3, -0.25) is 19.2 Å². The van der Waals surface area contributed by atoms with Crippen molar-refractivity contribution in [2.24, 2.45) is 0 Å². The average Bonchev–Trinajstić information content (AvgIpc) is 3.09. The molecule has 1 aromatic heterocycles. The van der Waals surface area contributed by atoms with Crippen LogP contribution in [0.4, 0.5) is 5.69 Å². The van der Waals surface area contributed by atoms with Crippen molar-refractivity contribution in [2.75, 3.05) is 25.0 Å². The van der Waals surface area contributed by atoms with Gasteiger partial charge in [-0.05, 0) is 52.0 Å². The van der Waals surface area contributed by atoms with E-state index in [1.54, 1.807) is 29.2 Å². The van der Waals surface area contributed by atoms with E-state index >= 15 is 0 Å². The number of Topliss-reactive ketones (excluding diaryl/α,β-unsaturated/α-hetero) is 1. The van der Waals surface area contributed by atoms with Gasteiger partial charge in [0.25, 0.3) is 11.8 Å². The lowest BCUT2D eigenvalue weighted by Gasteiger charge is -2.19. The zero-order valence-electron chi connectivity index (χ0n) is 18.3. The standard InChI is InChI=1S/C23H28N2O5S/c1-5-25(6-2)23(29)17-8-7-9-18(13-17)24-21(27)14-30-22(28)11-10-20(26)19-12-15(3)31-16(19)4/h7-9,12-13H,5-6,10-11,14H2,1-4H3,(H,24,27). The van der Waals surface area contributed by atoms with Crippen LogP contribution in [0.15, 0.2) is 30.3 Å². The van der Waals surface area contributed by atoms with Gasteiger partial charge in [0.15, 0.2) is 12.4 Å². The minimum Gasteiger partial charge on any atom is -0.456 e. The molecule has 0 saturated heterocycles. The van der Waals surface area contributed by atoms with Crippen molar-refractivity contribution < 1.29 is 23.9 Å². The van der Waals surface area contributed by atoms with Crippen molar-refractivity contribution in [1.82, 2.24) is 4.90 Å². The molecule has 0 aliphatic rings. The molecule has 0 saturated carbocycles. The second-order valence-electron chi connectivity index (χ2n) is 7.02. The topological polar surface area (TPSA) is 92.8 Å². The van der Waals surface area contributed by atoms with Gasteiger partial charge in [0.1, 0.15) is 0 Å². The number of amides is 2. The zero-order valence-corrected chi connectivity index (χ0v) is 19.1. The summed E-state index contributed by atoms with van der Waals surface area (Å²) >= 11 is 1.54. The van der Waals surface area contributed by atoms with Gasteiger partial charge in [-0.15, -0.1) is 11.3 Å². The maximum atomic E-state index is 12.4. The molecule has 0 spiro atoms. The Labute approximate surface area is 186 Å². The first-order valence-corrected chi connectivity index (χ1v) is 11.0. The van der Waals surface area contributed by atoms with E-state index < -0.39 is 18.5 Å². The number of esters is 1. The van der Waals surface area contributed by atoms with Crippen LogP contribution in [-0.4, -0.2) is 48.2 Å². The van der Waals surface area contributed by atoms with Gasteiger partial charge in [-0.25, -0.2) is 0 Å². The van der Waals surface area contributed by atoms with Crippen LogP contribution in [0.2, 0.25) is 0 Å². The molecule has 8 heteroatoms. The number of benzene rings is 1. The van der Waals surface area contributed by atoms with Gasteiger partial charge >= 0.3 is 5.97 Å². The second kappa shape index (κ2) is 11.4. The summed E-state index contributed by atoms with van der Waals surface area (Å²) in [7, 11) is 0. The van der Waals surface area contributed by atoms with Gasteiger partial charge in [0, 0.05) is 46.1 Å². The number of nitrogens with one attached hydrogen (secondary N) is 1. The molecule has 0 fully saturated rings. The number of anilines is 1. The molecular weight excluding hydrogens is 416 g/mol. The summed E-state index contributed by atoms with van der Waals surface area (Å²) in [4.78, 5) is 52.3. The Morgan fingerprint density at radius 1 is 1.03 bits per heavy atom. The molecule has 2 rings (SSSR count). The fourth-order valence-corrected chi connectivity index (χ4v) is 4.04. The molecule has 2 amide bonds. The zero-order chi connectivity index (χ0) is 23.0. The molecule has 31 heavy (non-hydrogen) atoms. The number of carbonyl (C=O) groups excluding carboxylic acids is 4. The van der Waals surface area contributed by atoms with Gasteiger partial charge in [0.05, 0.1) is 6.42 Å². The molecule has 1 heterocycles. The number of aryl methyl sites for hydroxylation is 2. The lowest BCUT2D eigenvalue weighted by Crippen LogP contribution is -2.30. The molecule has 2 aromatic rings. The van der Waals surface area contributed by atoms with Crippen LogP contribution in [0.3, 0.4) is 0 Å². The Hall–Kier alpha value is -3.00. The number of thiophene rings is 1. The molecule has 1 aromatic carbocycles. The molecule has 166 valence electrons. The first-order valence-electron chi connectivity index (χ1n) is 10.2. The molecular formula is C23H28N2O5S. The number of nitrogens with zero attached hydrogens (tertiary/aromatic N) is 1. The minimum atomic E-state index is -0.612. The Bertz CT molecular complexity index is 963. The quantitative estimate of drug-likeness (QED) is 0.442. The number of hydrogen-bond acceptors (Lipinski definition) is 6. The average molecular weight is 445 g/mol. The number of rotatable bonds is 10. The smallest absolute Gasteiger partial charge is 0.306 e. The van der Waals surface area contributed by atoms with Crippen molar-refractivity contribution in [2.45, 2.75) is 40.5 Å². The Morgan fingerprint density at radius 3 is 2.35 bits per heavy atom. The molecule has 0 bridgehead atoms. The summed E-state index contributed by atoms with van der Waals surface area (Å²) < 4.78 is 4.97. The van der Waals surface area contributed by atoms with E-state index in [0.29, 0.717) is 29.9 Å². The fraction of sp³-hybridized carbons (Fsp3) is 0.391. The van der Waals surface area contributed by atoms with E-state index in [-0.39, 0.29) is 24.5 Å². The summed E-state index contributed by atoms with van der Waals surface area (Å²) in [6.07, 6.45) is -0.0543. The van der Waals surface area contributed by atoms with Gasteiger partial charge in [-0.2, -0.15) is 0 Å². The summed E-state index contributed by atoms with van der Waals surface area (Å²) in [5, 5.41) is 2.62. The molecule has 0 atom stereocenters. The van der Waals surface area contributed by atoms with Crippen molar-refractivity contribution in [3.8, 4) is 0 Å². The van der Waals surface area contributed by atoms with E-state index in [9.17, 15) is 19.2 Å². The third-order valence-electron chi connectivity index (χ3n) is 4.71. The third-order valence-corrected chi connectivity index (χ3v) is 5.67. The Balaban J connectivity index is 1.82. The van der Waals surface area contributed by atoms with E-state index in [0.717, 1.165) is 9.75 Å². The fourth-order valence-electron chi connectivity index (χ4n) is 3.10. The van der Waals surface area contributed by atoms with Crippen LogP contribution in [0.5, 0.6) is 0 Å². The highest BCUT2D eigenvalue weighted by atomic mass is 32.1. The predicted molar refractivity (Wildman–Crippen MR) is 121 cm³/mol. The summed E-state index contributed by atoms with van der Waals surface area (Å²) in [5.74, 6) is -1.36. The highest BCUT2D eigenvalue weighted by molar-refractivity contribution is 7.12. The molecule has 0 radical (unpaired) electrons. The molecule has 0 aliphatic carbocycles. The maximum absolute atomic E-state index is 12.4. The lowest BCUT2D eigenvalue weighted by molar-refractivity contribution is -0.147. The molecule has 7 nitrogen and oxygen atoms in total. The normalized spacial score (nSPS) is 10.5. The number of hydrogen-bond donors (Lipinski definition) is 1. The van der Waals surface area contributed by atoms with E-state index in [1.807, 2.05) is 33.8 Å². The number of carbonyl (C=O) groups is 4. The van der Waals surface area contributed by atoms with Crippen molar-refractivity contribution >= 4 is 40.6 Å². The summed E-state index contributed by atoms with van der Waals surface area (Å²) in [6.45, 7) is 8.33. The third kappa shape index (κ3) is 7.03. The van der Waals surface area contributed by atoms with Crippen LogP contribution in [0, 0.1) is 13.8 Å².